The third-order valence-corrected chi connectivity index (χ3v) is 2.87. The van der Waals surface area contributed by atoms with Gasteiger partial charge in [-0.05, 0) is 25.9 Å². The second-order valence-electron chi connectivity index (χ2n) is 4.42. The van der Waals surface area contributed by atoms with Crippen LogP contribution in [0.15, 0.2) is 0 Å². The molecule has 0 aromatic carbocycles. The van der Waals surface area contributed by atoms with Gasteiger partial charge in [0.15, 0.2) is 0 Å². The molecular formula is C12H24N2O2. The van der Waals surface area contributed by atoms with Crippen molar-refractivity contribution < 1.29 is 9.53 Å². The molecule has 4 heteroatoms. The van der Waals surface area contributed by atoms with E-state index in [1.807, 2.05) is 0 Å². The van der Waals surface area contributed by atoms with Crippen LogP contribution in [0.1, 0.15) is 39.5 Å². The molecule has 0 aromatic rings. The second kappa shape index (κ2) is 7.49. The van der Waals surface area contributed by atoms with E-state index < -0.39 is 0 Å². The molecule has 1 aliphatic heterocycles. The number of rotatable bonds is 8. The molecule has 16 heavy (non-hydrogen) atoms. The molecule has 0 radical (unpaired) electrons. The lowest BCUT2D eigenvalue weighted by atomic mass is 10.2. The summed E-state index contributed by atoms with van der Waals surface area (Å²) in [5, 5.41) is 2.70. The summed E-state index contributed by atoms with van der Waals surface area (Å²) in [4.78, 5) is 13.3. The number of cyclic esters (lactones) is 1. The first kappa shape index (κ1) is 13.3. The molecule has 0 aliphatic carbocycles. The zero-order valence-electron chi connectivity index (χ0n) is 10.5. The van der Waals surface area contributed by atoms with E-state index in [1.165, 1.54) is 25.7 Å². The first-order chi connectivity index (χ1) is 7.76. The lowest BCUT2D eigenvalue weighted by Crippen LogP contribution is -2.35. The molecule has 1 rings (SSSR count). The number of nitrogens with one attached hydrogen (secondary N) is 1. The minimum atomic E-state index is -0.268. The molecule has 1 heterocycles. The van der Waals surface area contributed by atoms with Crippen molar-refractivity contribution in [2.24, 2.45) is 0 Å². The molecule has 1 amide bonds. The minimum absolute atomic E-state index is 0.0428. The Kier molecular flexibility index (Phi) is 6.23. The number of carbonyl (C=O) groups excluding carboxylic acids is 1. The van der Waals surface area contributed by atoms with Gasteiger partial charge in [-0.3, -0.25) is 4.90 Å². The van der Waals surface area contributed by atoms with Gasteiger partial charge in [0.05, 0.1) is 6.54 Å². The van der Waals surface area contributed by atoms with E-state index in [0.29, 0.717) is 6.54 Å². The Balaban J connectivity index is 2.27. The molecule has 1 N–H and O–H groups in total. The Labute approximate surface area is 98.3 Å². The number of amides is 1. The third kappa shape index (κ3) is 4.84. The van der Waals surface area contributed by atoms with Crippen molar-refractivity contribution in [3.63, 3.8) is 0 Å². The molecule has 1 saturated heterocycles. The van der Waals surface area contributed by atoms with E-state index in [4.69, 9.17) is 4.74 Å². The summed E-state index contributed by atoms with van der Waals surface area (Å²) in [6, 6.07) is 0. The Morgan fingerprint density at radius 2 is 1.94 bits per heavy atom. The summed E-state index contributed by atoms with van der Waals surface area (Å²) in [7, 11) is 0. The van der Waals surface area contributed by atoms with Gasteiger partial charge in [-0.15, -0.1) is 0 Å². The van der Waals surface area contributed by atoms with Gasteiger partial charge in [0.2, 0.25) is 0 Å². The highest BCUT2D eigenvalue weighted by Gasteiger charge is 2.24. The lowest BCUT2D eigenvalue weighted by molar-refractivity contribution is 0.107. The molecule has 0 bridgehead atoms. The zero-order chi connectivity index (χ0) is 11.8. The Morgan fingerprint density at radius 3 is 2.38 bits per heavy atom. The van der Waals surface area contributed by atoms with Gasteiger partial charge in [0, 0.05) is 6.54 Å². The van der Waals surface area contributed by atoms with E-state index >= 15 is 0 Å². The number of ether oxygens (including phenoxy) is 1. The van der Waals surface area contributed by atoms with Gasteiger partial charge >= 0.3 is 6.09 Å². The van der Waals surface area contributed by atoms with Gasteiger partial charge in [0.25, 0.3) is 0 Å². The largest absolute Gasteiger partial charge is 0.443 e. The Hall–Kier alpha value is -0.770. The first-order valence-electron chi connectivity index (χ1n) is 6.43. The highest BCUT2D eigenvalue weighted by Crippen LogP contribution is 2.06. The van der Waals surface area contributed by atoms with Gasteiger partial charge in [0.1, 0.15) is 6.10 Å². The quantitative estimate of drug-likeness (QED) is 0.691. The average molecular weight is 228 g/mol. The van der Waals surface area contributed by atoms with Crippen molar-refractivity contribution in [1.82, 2.24) is 10.2 Å². The molecule has 94 valence electrons. The highest BCUT2D eigenvalue weighted by atomic mass is 16.6. The van der Waals surface area contributed by atoms with Crippen LogP contribution in [0, 0.1) is 0 Å². The number of alkyl carbamates (subject to hydrolysis) is 1. The maximum absolute atomic E-state index is 10.9. The lowest BCUT2D eigenvalue weighted by Gasteiger charge is -2.24. The summed E-state index contributed by atoms with van der Waals surface area (Å²) in [6.07, 6.45) is 4.64. The normalized spacial score (nSPS) is 19.9. The van der Waals surface area contributed by atoms with Crippen molar-refractivity contribution in [1.29, 1.82) is 0 Å². The van der Waals surface area contributed by atoms with Crippen LogP contribution < -0.4 is 5.32 Å². The standard InChI is InChI=1S/C12H24N2O2/c1-3-5-7-14(8-6-4-2)10-11-9-13-12(15)16-11/h11H,3-10H2,1-2H3,(H,13,15). The van der Waals surface area contributed by atoms with Crippen LogP contribution in [-0.4, -0.2) is 43.3 Å². The molecule has 1 fully saturated rings. The number of hydrogen-bond donors (Lipinski definition) is 1. The summed E-state index contributed by atoms with van der Waals surface area (Å²) in [6.45, 7) is 8.17. The molecule has 0 spiro atoms. The number of hydrogen-bond acceptors (Lipinski definition) is 3. The molecule has 0 saturated carbocycles. The first-order valence-corrected chi connectivity index (χ1v) is 6.43. The predicted molar refractivity (Wildman–Crippen MR) is 64.5 cm³/mol. The van der Waals surface area contributed by atoms with Crippen LogP contribution in [-0.2, 0) is 4.74 Å². The average Bonchev–Trinajstić information content (AvgIpc) is 2.68. The zero-order valence-corrected chi connectivity index (χ0v) is 10.5. The van der Waals surface area contributed by atoms with Gasteiger partial charge in [-0.25, -0.2) is 4.79 Å². The number of unbranched alkanes of at least 4 members (excludes halogenated alkanes) is 2. The fourth-order valence-corrected chi connectivity index (χ4v) is 1.88. The molecule has 1 aliphatic rings. The van der Waals surface area contributed by atoms with Gasteiger partial charge < -0.3 is 10.1 Å². The Bertz CT molecular complexity index is 201. The van der Waals surface area contributed by atoms with Crippen molar-refractivity contribution in [2.75, 3.05) is 26.2 Å². The summed E-state index contributed by atoms with van der Waals surface area (Å²) in [5.74, 6) is 0. The van der Waals surface area contributed by atoms with E-state index in [2.05, 4.69) is 24.1 Å². The molecule has 0 aromatic heterocycles. The summed E-state index contributed by atoms with van der Waals surface area (Å²) < 4.78 is 5.16. The van der Waals surface area contributed by atoms with Crippen LogP contribution in [0.25, 0.3) is 0 Å². The molecule has 4 nitrogen and oxygen atoms in total. The third-order valence-electron chi connectivity index (χ3n) is 2.87. The van der Waals surface area contributed by atoms with E-state index in [1.54, 1.807) is 0 Å². The summed E-state index contributed by atoms with van der Waals surface area (Å²) in [5.41, 5.74) is 0. The molecular weight excluding hydrogens is 204 g/mol. The second-order valence-corrected chi connectivity index (χ2v) is 4.42. The van der Waals surface area contributed by atoms with Crippen LogP contribution in [0.2, 0.25) is 0 Å². The molecule has 1 unspecified atom stereocenters. The summed E-state index contributed by atoms with van der Waals surface area (Å²) >= 11 is 0. The van der Waals surface area contributed by atoms with Gasteiger partial charge in [-0.1, -0.05) is 26.7 Å². The smallest absolute Gasteiger partial charge is 0.407 e. The molecule has 1 atom stereocenters. The maximum Gasteiger partial charge on any atom is 0.407 e. The predicted octanol–water partition coefficient (Wildman–Crippen LogP) is 2.00. The fraction of sp³-hybridized carbons (Fsp3) is 0.917. The Morgan fingerprint density at radius 1 is 1.31 bits per heavy atom. The van der Waals surface area contributed by atoms with Crippen LogP contribution in [0.3, 0.4) is 0 Å². The number of nitrogens with zero attached hydrogens (tertiary/aromatic N) is 1. The van der Waals surface area contributed by atoms with Crippen LogP contribution >= 0.6 is 0 Å². The van der Waals surface area contributed by atoms with E-state index in [-0.39, 0.29) is 12.2 Å². The van der Waals surface area contributed by atoms with Crippen LogP contribution in [0.4, 0.5) is 4.79 Å². The number of carbonyl (C=O) groups is 1. The van der Waals surface area contributed by atoms with Crippen LogP contribution in [0.5, 0.6) is 0 Å². The van der Waals surface area contributed by atoms with Crippen molar-refractivity contribution >= 4 is 6.09 Å². The monoisotopic (exact) mass is 228 g/mol. The van der Waals surface area contributed by atoms with E-state index in [9.17, 15) is 4.79 Å². The maximum atomic E-state index is 10.9. The van der Waals surface area contributed by atoms with Crippen molar-refractivity contribution in [3.8, 4) is 0 Å². The minimum Gasteiger partial charge on any atom is -0.443 e. The highest BCUT2D eigenvalue weighted by molar-refractivity contribution is 5.69. The van der Waals surface area contributed by atoms with Crippen molar-refractivity contribution in [3.05, 3.63) is 0 Å². The topological polar surface area (TPSA) is 41.6 Å². The van der Waals surface area contributed by atoms with Crippen molar-refractivity contribution in [2.45, 2.75) is 45.6 Å². The fourth-order valence-electron chi connectivity index (χ4n) is 1.88. The van der Waals surface area contributed by atoms with E-state index in [0.717, 1.165) is 19.6 Å². The SMILES string of the molecule is CCCCN(CCCC)CC1CNC(=O)O1. The van der Waals surface area contributed by atoms with Gasteiger partial charge in [-0.2, -0.15) is 0 Å².